The van der Waals surface area contributed by atoms with Crippen molar-refractivity contribution in [2.24, 2.45) is 0 Å². The zero-order valence-corrected chi connectivity index (χ0v) is 14.4. The van der Waals surface area contributed by atoms with Gasteiger partial charge < -0.3 is 0 Å². The van der Waals surface area contributed by atoms with Crippen LogP contribution in [0, 0.1) is 24.0 Å². The maximum atomic E-state index is 12.4. The minimum Gasteiger partial charge on any atom is -0.298 e. The highest BCUT2D eigenvalue weighted by Crippen LogP contribution is 2.30. The number of carbonyl (C=O) groups is 1. The molecule has 1 amide bonds. The Hall–Kier alpha value is -2.51. The maximum absolute atomic E-state index is 12.4. The number of rotatable bonds is 3. The molecule has 0 bridgehead atoms. The lowest BCUT2D eigenvalue weighted by Crippen LogP contribution is -2.13. The highest BCUT2D eigenvalue weighted by atomic mass is 35.5. The number of nitro groups is 1. The fraction of sp³-hybridized carbons (Fsp3) is 0.125. The van der Waals surface area contributed by atoms with Gasteiger partial charge in [0.1, 0.15) is 5.56 Å². The van der Waals surface area contributed by atoms with Crippen molar-refractivity contribution < 1.29 is 9.72 Å². The lowest BCUT2D eigenvalue weighted by molar-refractivity contribution is -0.385. The van der Waals surface area contributed by atoms with Gasteiger partial charge in [-0.2, -0.15) is 0 Å². The van der Waals surface area contributed by atoms with E-state index in [0.717, 1.165) is 21.3 Å². The first-order valence-electron chi connectivity index (χ1n) is 6.98. The van der Waals surface area contributed by atoms with E-state index in [2.05, 4.69) is 10.3 Å². The van der Waals surface area contributed by atoms with Crippen molar-refractivity contribution in [3.8, 4) is 0 Å². The van der Waals surface area contributed by atoms with Gasteiger partial charge in [-0.25, -0.2) is 4.98 Å². The van der Waals surface area contributed by atoms with Gasteiger partial charge in [0.25, 0.3) is 11.6 Å². The van der Waals surface area contributed by atoms with Gasteiger partial charge in [0, 0.05) is 11.1 Å². The number of nitrogens with one attached hydrogen (secondary N) is 1. The van der Waals surface area contributed by atoms with Gasteiger partial charge in [0.05, 0.1) is 15.1 Å². The lowest BCUT2D eigenvalue weighted by atomic mass is 10.1. The van der Waals surface area contributed by atoms with Crippen LogP contribution in [-0.2, 0) is 0 Å². The van der Waals surface area contributed by atoms with Crippen molar-refractivity contribution in [3.05, 3.63) is 62.2 Å². The molecule has 3 rings (SSSR count). The number of hydrogen-bond donors (Lipinski definition) is 1. The summed E-state index contributed by atoms with van der Waals surface area (Å²) in [4.78, 5) is 27.2. The molecule has 0 radical (unpaired) electrons. The van der Waals surface area contributed by atoms with Gasteiger partial charge in [-0.05, 0) is 49.2 Å². The van der Waals surface area contributed by atoms with Gasteiger partial charge >= 0.3 is 0 Å². The van der Waals surface area contributed by atoms with E-state index >= 15 is 0 Å². The van der Waals surface area contributed by atoms with Crippen LogP contribution in [0.1, 0.15) is 21.5 Å². The Morgan fingerprint density at radius 3 is 2.67 bits per heavy atom. The number of carbonyl (C=O) groups excluding carboxylic acids is 1. The Bertz CT molecular complexity index is 945. The number of nitro benzene ring substituents is 1. The highest BCUT2D eigenvalue weighted by molar-refractivity contribution is 7.22. The minimum atomic E-state index is -0.615. The van der Waals surface area contributed by atoms with Crippen LogP contribution in [0.25, 0.3) is 10.2 Å². The van der Waals surface area contributed by atoms with Gasteiger partial charge in [-0.3, -0.25) is 20.2 Å². The quantitative estimate of drug-likeness (QED) is 0.540. The Morgan fingerprint density at radius 2 is 1.96 bits per heavy atom. The number of thiazole rings is 1. The van der Waals surface area contributed by atoms with Gasteiger partial charge in [-0.15, -0.1) is 0 Å². The third-order valence-electron chi connectivity index (χ3n) is 3.62. The molecule has 0 saturated heterocycles. The SMILES string of the molecule is Cc1cc2nc(NC(=O)c3cc(Cl)ccc3[N+](=O)[O-])sc2cc1C. The summed E-state index contributed by atoms with van der Waals surface area (Å²) in [5, 5.41) is 14.3. The zero-order valence-electron chi connectivity index (χ0n) is 12.8. The highest BCUT2D eigenvalue weighted by Gasteiger charge is 2.21. The number of benzene rings is 2. The van der Waals surface area contributed by atoms with E-state index in [1.165, 1.54) is 29.5 Å². The molecule has 0 atom stereocenters. The average Bonchev–Trinajstić information content (AvgIpc) is 2.88. The number of aromatic nitrogens is 1. The van der Waals surface area contributed by atoms with Crippen molar-refractivity contribution >= 4 is 49.9 Å². The predicted octanol–water partition coefficient (Wildman–Crippen LogP) is 4.73. The molecule has 0 aliphatic heterocycles. The van der Waals surface area contributed by atoms with E-state index in [-0.39, 0.29) is 16.3 Å². The number of fused-ring (bicyclic) bond motifs is 1. The molecule has 0 aliphatic carbocycles. The molecule has 0 unspecified atom stereocenters. The van der Waals surface area contributed by atoms with Crippen molar-refractivity contribution in [2.75, 3.05) is 5.32 Å². The standard InChI is InChI=1S/C16H12ClN3O3S/c1-8-5-12-14(6-9(8)2)24-16(18-12)19-15(21)11-7-10(17)3-4-13(11)20(22)23/h3-7H,1-2H3,(H,18,19,21). The molecule has 2 aromatic carbocycles. The fourth-order valence-electron chi connectivity index (χ4n) is 2.25. The first-order valence-corrected chi connectivity index (χ1v) is 8.17. The van der Waals surface area contributed by atoms with Crippen LogP contribution < -0.4 is 5.32 Å². The summed E-state index contributed by atoms with van der Waals surface area (Å²) in [5.41, 5.74) is 2.62. The Morgan fingerprint density at radius 1 is 1.25 bits per heavy atom. The third-order valence-corrected chi connectivity index (χ3v) is 4.79. The molecule has 8 heteroatoms. The van der Waals surface area contributed by atoms with Crippen molar-refractivity contribution in [1.82, 2.24) is 4.98 Å². The zero-order chi connectivity index (χ0) is 17.4. The topological polar surface area (TPSA) is 85.1 Å². The summed E-state index contributed by atoms with van der Waals surface area (Å²) < 4.78 is 0.939. The molecule has 1 heterocycles. The number of halogens is 1. The van der Waals surface area contributed by atoms with E-state index in [1.54, 1.807) is 0 Å². The molecule has 6 nitrogen and oxygen atoms in total. The van der Waals surface area contributed by atoms with E-state index in [1.807, 2.05) is 26.0 Å². The second kappa shape index (κ2) is 6.18. The Kier molecular flexibility index (Phi) is 4.21. The maximum Gasteiger partial charge on any atom is 0.282 e. The molecule has 1 aromatic heterocycles. The Labute approximate surface area is 146 Å². The van der Waals surface area contributed by atoms with E-state index in [4.69, 9.17) is 11.6 Å². The third kappa shape index (κ3) is 3.08. The summed E-state index contributed by atoms with van der Waals surface area (Å²) in [5.74, 6) is -0.614. The van der Waals surface area contributed by atoms with Gasteiger partial charge in [0.15, 0.2) is 5.13 Å². The number of anilines is 1. The first-order chi connectivity index (χ1) is 11.3. The Balaban J connectivity index is 1.95. The van der Waals surface area contributed by atoms with Crippen molar-refractivity contribution in [1.29, 1.82) is 0 Å². The van der Waals surface area contributed by atoms with Gasteiger partial charge in [0.2, 0.25) is 0 Å². The fourth-order valence-corrected chi connectivity index (χ4v) is 3.36. The summed E-state index contributed by atoms with van der Waals surface area (Å²) in [6.07, 6.45) is 0. The van der Waals surface area contributed by atoms with E-state index < -0.39 is 10.8 Å². The normalized spacial score (nSPS) is 10.8. The summed E-state index contributed by atoms with van der Waals surface area (Å²) in [6, 6.07) is 7.80. The number of aryl methyl sites for hydroxylation is 2. The molecule has 0 spiro atoms. The second-order valence-electron chi connectivity index (χ2n) is 5.30. The van der Waals surface area contributed by atoms with Crippen LogP contribution >= 0.6 is 22.9 Å². The van der Waals surface area contributed by atoms with Crippen LogP contribution in [0.5, 0.6) is 0 Å². The number of amides is 1. The van der Waals surface area contributed by atoms with Crippen LogP contribution in [0.4, 0.5) is 10.8 Å². The largest absolute Gasteiger partial charge is 0.298 e. The average molecular weight is 362 g/mol. The van der Waals surface area contributed by atoms with Gasteiger partial charge in [-0.1, -0.05) is 22.9 Å². The molecule has 1 N–H and O–H groups in total. The molecule has 3 aromatic rings. The summed E-state index contributed by atoms with van der Waals surface area (Å²) in [6.45, 7) is 3.99. The molecular formula is C16H12ClN3O3S. The van der Waals surface area contributed by atoms with Crippen LogP contribution in [0.15, 0.2) is 30.3 Å². The van der Waals surface area contributed by atoms with E-state index in [0.29, 0.717) is 5.13 Å². The molecule has 122 valence electrons. The lowest BCUT2D eigenvalue weighted by Gasteiger charge is -2.03. The minimum absolute atomic E-state index is 0.0980. The van der Waals surface area contributed by atoms with Crippen molar-refractivity contribution in [3.63, 3.8) is 0 Å². The molecule has 0 aliphatic rings. The monoisotopic (exact) mass is 361 g/mol. The summed E-state index contributed by atoms with van der Waals surface area (Å²) in [7, 11) is 0. The number of nitrogens with zero attached hydrogens (tertiary/aromatic N) is 2. The molecule has 0 fully saturated rings. The molecule has 0 saturated carbocycles. The van der Waals surface area contributed by atoms with Crippen molar-refractivity contribution in [2.45, 2.75) is 13.8 Å². The van der Waals surface area contributed by atoms with E-state index in [9.17, 15) is 14.9 Å². The second-order valence-corrected chi connectivity index (χ2v) is 6.76. The van der Waals surface area contributed by atoms with Crippen LogP contribution in [0.2, 0.25) is 5.02 Å². The molecule has 24 heavy (non-hydrogen) atoms. The number of hydrogen-bond acceptors (Lipinski definition) is 5. The predicted molar refractivity (Wildman–Crippen MR) is 95.2 cm³/mol. The summed E-state index contributed by atoms with van der Waals surface area (Å²) >= 11 is 7.17. The first kappa shape index (κ1) is 16.4. The van der Waals surface area contributed by atoms with Crippen LogP contribution in [-0.4, -0.2) is 15.8 Å². The smallest absolute Gasteiger partial charge is 0.282 e. The molecular weight excluding hydrogens is 350 g/mol. The van der Waals surface area contributed by atoms with Crippen LogP contribution in [0.3, 0.4) is 0 Å².